The Morgan fingerprint density at radius 1 is 0.714 bits per heavy atom. The summed E-state index contributed by atoms with van der Waals surface area (Å²) in [6.45, 7) is 0. The summed E-state index contributed by atoms with van der Waals surface area (Å²) in [4.78, 5) is 39.6. The van der Waals surface area contributed by atoms with Gasteiger partial charge in [0, 0.05) is 16.3 Å². The molecule has 0 N–H and O–H groups in total. The SMILES string of the molecule is COC(=O)c1c(C(=O)OC)c2c3ccccc3cnn2c1C(=O)c1ccc(-c2ccccc2)cc1. The lowest BCUT2D eigenvalue weighted by Gasteiger charge is -2.07. The van der Waals surface area contributed by atoms with E-state index in [0.717, 1.165) is 16.5 Å². The van der Waals surface area contributed by atoms with Crippen LogP contribution in [0, 0.1) is 0 Å². The predicted molar refractivity (Wildman–Crippen MR) is 131 cm³/mol. The zero-order chi connectivity index (χ0) is 24.5. The molecule has 2 aromatic heterocycles. The smallest absolute Gasteiger partial charge is 0.341 e. The van der Waals surface area contributed by atoms with Crippen molar-refractivity contribution in [1.82, 2.24) is 9.61 Å². The molecule has 35 heavy (non-hydrogen) atoms. The first-order valence-electron chi connectivity index (χ1n) is 10.8. The number of rotatable bonds is 5. The van der Waals surface area contributed by atoms with Crippen LogP contribution < -0.4 is 0 Å². The van der Waals surface area contributed by atoms with Crippen LogP contribution in [0.5, 0.6) is 0 Å². The van der Waals surface area contributed by atoms with Crippen LogP contribution in [0.15, 0.2) is 85.1 Å². The Labute approximate surface area is 200 Å². The van der Waals surface area contributed by atoms with Crippen molar-refractivity contribution in [1.29, 1.82) is 0 Å². The van der Waals surface area contributed by atoms with E-state index < -0.39 is 17.7 Å². The Balaban J connectivity index is 1.77. The summed E-state index contributed by atoms with van der Waals surface area (Å²) in [5.41, 5.74) is 2.28. The Hall–Kier alpha value is -4.78. The third-order valence-electron chi connectivity index (χ3n) is 5.92. The zero-order valence-corrected chi connectivity index (χ0v) is 19.0. The molecule has 0 spiro atoms. The van der Waals surface area contributed by atoms with Crippen LogP contribution in [0.2, 0.25) is 0 Å². The fraction of sp³-hybridized carbons (Fsp3) is 0.0714. The predicted octanol–water partition coefficient (Wildman–Crippen LogP) is 4.96. The highest BCUT2D eigenvalue weighted by molar-refractivity contribution is 6.22. The van der Waals surface area contributed by atoms with E-state index >= 15 is 0 Å². The minimum Gasteiger partial charge on any atom is -0.465 e. The van der Waals surface area contributed by atoms with Gasteiger partial charge >= 0.3 is 11.9 Å². The maximum absolute atomic E-state index is 13.8. The van der Waals surface area contributed by atoms with Crippen LogP contribution in [0.1, 0.15) is 36.8 Å². The second-order valence-electron chi connectivity index (χ2n) is 7.85. The molecule has 0 fully saturated rings. The van der Waals surface area contributed by atoms with Crippen molar-refractivity contribution in [2.24, 2.45) is 0 Å². The Kier molecular flexibility index (Phi) is 5.58. The van der Waals surface area contributed by atoms with E-state index in [0.29, 0.717) is 16.5 Å². The summed E-state index contributed by atoms with van der Waals surface area (Å²) in [5, 5.41) is 5.80. The van der Waals surface area contributed by atoms with Crippen molar-refractivity contribution in [2.45, 2.75) is 0 Å². The van der Waals surface area contributed by atoms with Crippen molar-refractivity contribution in [3.8, 4) is 11.1 Å². The van der Waals surface area contributed by atoms with Crippen molar-refractivity contribution < 1.29 is 23.9 Å². The molecule has 7 nitrogen and oxygen atoms in total. The molecule has 172 valence electrons. The summed E-state index contributed by atoms with van der Waals surface area (Å²) < 4.78 is 11.3. The van der Waals surface area contributed by atoms with E-state index in [1.165, 1.54) is 18.7 Å². The Morgan fingerprint density at radius 2 is 1.31 bits per heavy atom. The number of carbonyl (C=O) groups excluding carboxylic acids is 3. The van der Waals surface area contributed by atoms with Gasteiger partial charge in [0.05, 0.1) is 25.9 Å². The normalized spacial score (nSPS) is 10.9. The van der Waals surface area contributed by atoms with Gasteiger partial charge in [-0.05, 0) is 11.1 Å². The lowest BCUT2D eigenvalue weighted by atomic mass is 9.99. The Bertz CT molecular complexity index is 1600. The van der Waals surface area contributed by atoms with Gasteiger partial charge in [-0.25, -0.2) is 14.1 Å². The van der Waals surface area contributed by atoms with Gasteiger partial charge in [-0.15, -0.1) is 0 Å². The van der Waals surface area contributed by atoms with E-state index in [1.807, 2.05) is 54.6 Å². The molecule has 0 unspecified atom stereocenters. The first-order chi connectivity index (χ1) is 17.0. The third-order valence-corrected chi connectivity index (χ3v) is 5.92. The third kappa shape index (κ3) is 3.63. The highest BCUT2D eigenvalue weighted by atomic mass is 16.5. The first kappa shape index (κ1) is 22.0. The van der Waals surface area contributed by atoms with E-state index in [2.05, 4.69) is 5.10 Å². The van der Waals surface area contributed by atoms with Gasteiger partial charge in [-0.2, -0.15) is 5.10 Å². The quantitative estimate of drug-likeness (QED) is 0.270. The topological polar surface area (TPSA) is 87.0 Å². The Morgan fingerprint density at radius 3 is 2.00 bits per heavy atom. The molecule has 5 aromatic rings. The van der Waals surface area contributed by atoms with Crippen molar-refractivity contribution >= 4 is 34.0 Å². The number of ketones is 1. The summed E-state index contributed by atoms with van der Waals surface area (Å²) in [5.74, 6) is -2.07. The summed E-state index contributed by atoms with van der Waals surface area (Å²) in [6.07, 6.45) is 1.58. The van der Waals surface area contributed by atoms with Crippen molar-refractivity contribution in [2.75, 3.05) is 14.2 Å². The van der Waals surface area contributed by atoms with E-state index in [1.54, 1.807) is 30.5 Å². The molecule has 0 aliphatic heterocycles. The maximum atomic E-state index is 13.8. The van der Waals surface area contributed by atoms with Gasteiger partial charge < -0.3 is 9.47 Å². The summed E-state index contributed by atoms with van der Waals surface area (Å²) in [6, 6.07) is 24.1. The molecule has 0 saturated heterocycles. The number of benzene rings is 3. The molecule has 0 aliphatic carbocycles. The van der Waals surface area contributed by atoms with Crippen LogP contribution in [-0.2, 0) is 9.47 Å². The molecule has 2 heterocycles. The number of carbonyl (C=O) groups is 3. The molecule has 0 amide bonds. The standard InChI is InChI=1S/C28H20N2O5/c1-34-27(32)22-23(28(33)35-2)25(30-24(22)21-11-7-6-10-20(21)16-29-30)26(31)19-14-12-18(13-15-19)17-8-4-3-5-9-17/h3-16H,1-2H3. The molecule has 3 aromatic carbocycles. The molecule has 0 aliphatic rings. The van der Waals surface area contributed by atoms with Crippen LogP contribution in [0.25, 0.3) is 27.4 Å². The van der Waals surface area contributed by atoms with Gasteiger partial charge in [0.25, 0.3) is 0 Å². The van der Waals surface area contributed by atoms with E-state index in [-0.39, 0.29) is 16.8 Å². The number of fused-ring (bicyclic) bond motifs is 3. The number of nitrogens with zero attached hydrogens (tertiary/aromatic N) is 2. The average Bonchev–Trinajstić information content (AvgIpc) is 3.28. The molecular formula is C28H20N2O5. The van der Waals surface area contributed by atoms with Crippen LogP contribution >= 0.6 is 0 Å². The van der Waals surface area contributed by atoms with Crippen LogP contribution in [0.3, 0.4) is 0 Å². The molecule has 7 heteroatoms. The fourth-order valence-electron chi connectivity index (χ4n) is 4.26. The van der Waals surface area contributed by atoms with Gasteiger partial charge in [0.15, 0.2) is 0 Å². The minimum absolute atomic E-state index is 0.0621. The molecule has 0 atom stereocenters. The molecule has 0 bridgehead atoms. The van der Waals surface area contributed by atoms with E-state index in [4.69, 9.17) is 9.47 Å². The number of hydrogen-bond acceptors (Lipinski definition) is 6. The molecular weight excluding hydrogens is 444 g/mol. The zero-order valence-electron chi connectivity index (χ0n) is 19.0. The number of aromatic nitrogens is 2. The first-order valence-corrected chi connectivity index (χ1v) is 10.8. The van der Waals surface area contributed by atoms with Crippen LogP contribution in [-0.4, -0.2) is 41.6 Å². The van der Waals surface area contributed by atoms with Gasteiger partial charge in [0.2, 0.25) is 5.78 Å². The molecule has 0 saturated carbocycles. The number of esters is 2. The summed E-state index contributed by atoms with van der Waals surface area (Å²) in [7, 11) is 2.41. The highest BCUT2D eigenvalue weighted by Crippen LogP contribution is 2.32. The summed E-state index contributed by atoms with van der Waals surface area (Å²) >= 11 is 0. The second kappa shape index (κ2) is 8.87. The van der Waals surface area contributed by atoms with Crippen molar-refractivity contribution in [3.05, 3.63) is 107 Å². The lowest BCUT2D eigenvalue weighted by molar-refractivity contribution is 0.0556. The lowest BCUT2D eigenvalue weighted by Crippen LogP contribution is -2.15. The number of methoxy groups -OCH3 is 2. The monoisotopic (exact) mass is 464 g/mol. The van der Waals surface area contributed by atoms with Gasteiger partial charge in [0.1, 0.15) is 16.8 Å². The van der Waals surface area contributed by atoms with Crippen molar-refractivity contribution in [3.63, 3.8) is 0 Å². The highest BCUT2D eigenvalue weighted by Gasteiger charge is 2.34. The molecule has 5 rings (SSSR count). The van der Waals surface area contributed by atoms with Gasteiger partial charge in [-0.1, -0.05) is 78.9 Å². The van der Waals surface area contributed by atoms with E-state index in [9.17, 15) is 14.4 Å². The molecule has 0 radical (unpaired) electrons. The number of hydrogen-bond donors (Lipinski definition) is 0. The maximum Gasteiger partial charge on any atom is 0.341 e. The average molecular weight is 464 g/mol. The fourth-order valence-corrected chi connectivity index (χ4v) is 4.26. The van der Waals surface area contributed by atoms with Crippen LogP contribution in [0.4, 0.5) is 0 Å². The number of ether oxygens (including phenoxy) is 2. The van der Waals surface area contributed by atoms with Gasteiger partial charge in [-0.3, -0.25) is 4.79 Å². The second-order valence-corrected chi connectivity index (χ2v) is 7.85. The minimum atomic E-state index is -0.829. The largest absolute Gasteiger partial charge is 0.465 e.